The van der Waals surface area contributed by atoms with Crippen molar-refractivity contribution in [1.82, 2.24) is 25.5 Å². The molecule has 0 aliphatic rings. The van der Waals surface area contributed by atoms with E-state index in [2.05, 4.69) is 20.6 Å². The fraction of sp³-hybridized carbons (Fsp3) is 0.462. The van der Waals surface area contributed by atoms with Gasteiger partial charge in [-0.25, -0.2) is 14.3 Å². The second-order valence-corrected chi connectivity index (χ2v) is 17.6. The van der Waals surface area contributed by atoms with Gasteiger partial charge in [-0.05, 0) is 30.4 Å². The van der Waals surface area contributed by atoms with Crippen molar-refractivity contribution in [3.63, 3.8) is 0 Å². The predicted molar refractivity (Wildman–Crippen MR) is 218 cm³/mol. The number of hydrogen-bond donors (Lipinski definition) is 5. The fourth-order valence-corrected chi connectivity index (χ4v) is 7.88. The van der Waals surface area contributed by atoms with Gasteiger partial charge in [-0.2, -0.15) is 0 Å². The summed E-state index contributed by atoms with van der Waals surface area (Å²) in [5, 5.41) is 8.67. The van der Waals surface area contributed by atoms with Crippen molar-refractivity contribution < 1.29 is 42.7 Å². The highest BCUT2D eigenvalue weighted by molar-refractivity contribution is 7.46. The average molecular weight is 845 g/mol. The van der Waals surface area contributed by atoms with E-state index >= 15 is 0 Å². The first-order valence-electron chi connectivity index (χ1n) is 18.5. The van der Waals surface area contributed by atoms with Crippen LogP contribution in [0.3, 0.4) is 0 Å². The molecule has 18 heteroatoms. The number of nitrogens with two attached hydrogens (primary N) is 1. The third-order valence-corrected chi connectivity index (χ3v) is 11.4. The maximum absolute atomic E-state index is 14.3. The van der Waals surface area contributed by atoms with Crippen LogP contribution in [-0.2, 0) is 54.1 Å². The maximum Gasteiger partial charge on any atom is 0.471 e. The van der Waals surface area contributed by atoms with Crippen molar-refractivity contribution in [3.8, 4) is 0 Å². The van der Waals surface area contributed by atoms with Crippen molar-refractivity contribution in [2.45, 2.75) is 97.0 Å². The molecule has 2 aromatic heterocycles. The highest BCUT2D eigenvalue weighted by Crippen LogP contribution is 2.39. The Hall–Kier alpha value is -4.06. The Morgan fingerprint density at radius 2 is 1.63 bits per heavy atom. The van der Waals surface area contributed by atoms with Gasteiger partial charge in [0.25, 0.3) is 0 Å². The number of amides is 3. The Bertz CT molecular complexity index is 1910. The lowest BCUT2D eigenvalue weighted by Crippen LogP contribution is -2.64. The molecule has 6 N–H and O–H groups in total. The molecule has 4 aromatic rings. The lowest BCUT2D eigenvalue weighted by molar-refractivity contribution is -0.171. The fourth-order valence-electron chi connectivity index (χ4n) is 6.11. The van der Waals surface area contributed by atoms with Crippen LogP contribution >= 0.6 is 30.5 Å². The summed E-state index contributed by atoms with van der Waals surface area (Å²) >= 11 is 2.83. The third-order valence-electron chi connectivity index (χ3n) is 8.88. The normalized spacial score (nSPS) is 15.0. The van der Waals surface area contributed by atoms with Crippen LogP contribution in [-0.4, -0.2) is 73.7 Å². The van der Waals surface area contributed by atoms with Crippen LogP contribution in [0.2, 0.25) is 0 Å². The number of aromatic nitrogens is 2. The second kappa shape index (κ2) is 21.1. The van der Waals surface area contributed by atoms with E-state index < -0.39 is 55.7 Å². The summed E-state index contributed by atoms with van der Waals surface area (Å²) in [5.74, 6) is -2.50. The van der Waals surface area contributed by atoms with Gasteiger partial charge >= 0.3 is 19.8 Å². The first kappa shape index (κ1) is 45.6. The van der Waals surface area contributed by atoms with Crippen LogP contribution < -0.4 is 16.4 Å². The maximum atomic E-state index is 14.3. The number of nitrogens with one attached hydrogen (secondary N) is 2. The number of esters is 1. The molecule has 0 saturated carbocycles. The lowest BCUT2D eigenvalue weighted by Gasteiger charge is -2.39. The lowest BCUT2D eigenvalue weighted by atomic mass is 9.85. The molecule has 0 aliphatic carbocycles. The third kappa shape index (κ3) is 15.0. The van der Waals surface area contributed by atoms with E-state index in [4.69, 9.17) is 19.7 Å². The zero-order valence-electron chi connectivity index (χ0n) is 32.9. The molecule has 5 atom stereocenters. The van der Waals surface area contributed by atoms with E-state index in [0.717, 1.165) is 21.8 Å². The van der Waals surface area contributed by atoms with Gasteiger partial charge in [0, 0.05) is 37.4 Å². The highest BCUT2D eigenvalue weighted by atomic mass is 32.1. The Kier molecular flexibility index (Phi) is 16.9. The van der Waals surface area contributed by atoms with Crippen molar-refractivity contribution in [2.24, 2.45) is 17.6 Å². The Labute approximate surface area is 341 Å². The van der Waals surface area contributed by atoms with Crippen molar-refractivity contribution in [3.05, 3.63) is 104 Å². The number of thiazole rings is 2. The monoisotopic (exact) mass is 844 g/mol. The van der Waals surface area contributed by atoms with Crippen molar-refractivity contribution >= 4 is 48.4 Å². The van der Waals surface area contributed by atoms with Gasteiger partial charge in [0.15, 0.2) is 6.29 Å². The largest absolute Gasteiger partial charge is 0.471 e. The number of phosphoric acid groups is 1. The summed E-state index contributed by atoms with van der Waals surface area (Å²) in [6, 6.07) is 16.7. The quantitative estimate of drug-likeness (QED) is 0.0386. The van der Waals surface area contributed by atoms with E-state index in [9.17, 15) is 28.7 Å². The topological polar surface area (TPSA) is 216 Å². The summed E-state index contributed by atoms with van der Waals surface area (Å²) < 4.78 is 28.7. The summed E-state index contributed by atoms with van der Waals surface area (Å²) in [7, 11) is -3.42. The number of hydrogen-bond acceptors (Lipinski definition) is 12. The van der Waals surface area contributed by atoms with Crippen molar-refractivity contribution in [1.29, 1.82) is 0 Å². The van der Waals surface area contributed by atoms with Gasteiger partial charge in [-0.3, -0.25) is 19.1 Å². The SMILES string of the molecule is CC(O[C@@H](C[C@](N)(Cc1ccccc1)NC(=O)[C@@H](NC(=O)N(C)Cc1csc(C(C)C)n1)C(C)C)[C@H](Cc1ccccc1)C(=O)OCc1cncs1)OP(=O)(O)O. The standard InChI is InChI=1S/C39H53N6O9PS2/c1-25(2)34(43-38(48)45(6)21-30-23-56-36(42-30)26(3)4)35(46)44-39(40,18-29-15-11-8-12-16-29)19-33(53-27(5)54-55(49,50)51)32(17-28-13-9-7-10-14-28)37(47)52-22-31-20-41-24-57-31/h7-16,20,23-27,32-34H,17-19,21-22,40H2,1-6H3,(H,43,48)(H,44,46)(H2,49,50,51)/t27?,32-,33-,34-,39-/m0/s1. The van der Waals surface area contributed by atoms with Crippen LogP contribution in [0.25, 0.3) is 0 Å². The number of carbonyl (C=O) groups is 3. The number of urea groups is 1. The zero-order chi connectivity index (χ0) is 41.8. The number of phosphoric ester groups is 1. The molecule has 0 radical (unpaired) electrons. The summed E-state index contributed by atoms with van der Waals surface area (Å²) in [5.41, 5.74) is 9.35. The van der Waals surface area contributed by atoms with E-state index in [1.165, 1.54) is 34.5 Å². The van der Waals surface area contributed by atoms with E-state index in [1.54, 1.807) is 32.6 Å². The molecule has 0 aliphatic heterocycles. The molecule has 3 amide bonds. The molecular formula is C39H53N6O9PS2. The van der Waals surface area contributed by atoms with Gasteiger partial charge in [0.2, 0.25) is 5.91 Å². The van der Waals surface area contributed by atoms with Crippen LogP contribution in [0.15, 0.2) is 77.8 Å². The molecule has 310 valence electrons. The molecule has 2 aromatic carbocycles. The molecule has 0 bridgehead atoms. The Morgan fingerprint density at radius 3 is 2.19 bits per heavy atom. The summed E-state index contributed by atoms with van der Waals surface area (Å²) in [4.78, 5) is 71.9. The van der Waals surface area contributed by atoms with Gasteiger partial charge in [-0.1, -0.05) is 88.4 Å². The first-order valence-corrected chi connectivity index (χ1v) is 21.8. The van der Waals surface area contributed by atoms with Crippen molar-refractivity contribution in [2.75, 3.05) is 7.05 Å². The molecular weight excluding hydrogens is 792 g/mol. The van der Waals surface area contributed by atoms with Crippen LogP contribution in [0.5, 0.6) is 0 Å². The molecule has 1 unspecified atom stereocenters. The van der Waals surface area contributed by atoms with Gasteiger partial charge in [0.05, 0.1) is 45.3 Å². The minimum absolute atomic E-state index is 0.0435. The predicted octanol–water partition coefficient (Wildman–Crippen LogP) is 5.74. The number of ether oxygens (including phenoxy) is 2. The summed E-state index contributed by atoms with van der Waals surface area (Å²) in [6.45, 7) is 9.12. The molecule has 0 spiro atoms. The molecule has 57 heavy (non-hydrogen) atoms. The van der Waals surface area contributed by atoms with E-state index in [-0.39, 0.29) is 44.2 Å². The Morgan fingerprint density at radius 1 is 0.982 bits per heavy atom. The second-order valence-electron chi connectivity index (χ2n) is 14.6. The van der Waals surface area contributed by atoms with E-state index in [0.29, 0.717) is 4.88 Å². The molecule has 0 saturated heterocycles. The molecule has 4 rings (SSSR count). The number of benzene rings is 2. The molecule has 15 nitrogen and oxygen atoms in total. The first-order chi connectivity index (χ1) is 26.9. The minimum atomic E-state index is -5.04. The molecule has 0 fully saturated rings. The smallest absolute Gasteiger partial charge is 0.460 e. The number of rotatable bonds is 21. The van der Waals surface area contributed by atoms with Gasteiger partial charge in [0.1, 0.15) is 12.6 Å². The van der Waals surface area contributed by atoms with Crippen LogP contribution in [0.4, 0.5) is 4.79 Å². The van der Waals surface area contributed by atoms with Gasteiger partial charge < -0.3 is 40.5 Å². The summed E-state index contributed by atoms with van der Waals surface area (Å²) in [6.07, 6.45) is -1.30. The number of nitrogens with zero attached hydrogens (tertiary/aromatic N) is 3. The highest BCUT2D eigenvalue weighted by Gasteiger charge is 2.41. The van der Waals surface area contributed by atoms with Gasteiger partial charge in [-0.15, -0.1) is 22.7 Å². The van der Waals surface area contributed by atoms with Crippen LogP contribution in [0.1, 0.15) is 73.7 Å². The Balaban J connectivity index is 1.67. The number of carbonyl (C=O) groups excluding carboxylic acids is 3. The van der Waals surface area contributed by atoms with E-state index in [1.807, 2.05) is 79.9 Å². The minimum Gasteiger partial charge on any atom is -0.460 e. The zero-order valence-corrected chi connectivity index (χ0v) is 35.5. The average Bonchev–Trinajstić information content (AvgIpc) is 3.84. The molecule has 2 heterocycles. The van der Waals surface area contributed by atoms with Crippen LogP contribution in [0, 0.1) is 11.8 Å².